The number of carbonyl (C=O) groups excluding carboxylic acids is 2. The van der Waals surface area contributed by atoms with Gasteiger partial charge in [-0.15, -0.1) is 0 Å². The molecule has 0 aliphatic carbocycles. The van der Waals surface area contributed by atoms with E-state index >= 15 is 0 Å². The van der Waals surface area contributed by atoms with Gasteiger partial charge in [-0.05, 0) is 27.9 Å². The largest absolute Gasteiger partial charge is 0.453 e. The van der Waals surface area contributed by atoms with Crippen LogP contribution in [0.3, 0.4) is 0 Å². The molecule has 1 aliphatic heterocycles. The predicted octanol–water partition coefficient (Wildman–Crippen LogP) is 4.76. The maximum atomic E-state index is 12.2. The van der Waals surface area contributed by atoms with Crippen LogP contribution in [-0.2, 0) is 39.6 Å². The van der Waals surface area contributed by atoms with Crippen molar-refractivity contribution in [2.24, 2.45) is 0 Å². The lowest BCUT2D eigenvalue weighted by Gasteiger charge is -2.45. The van der Waals surface area contributed by atoms with Gasteiger partial charge in [0.2, 0.25) is 6.29 Å². The summed E-state index contributed by atoms with van der Waals surface area (Å²) in [5, 5.41) is 1.97. The molecule has 7 nitrogen and oxygen atoms in total. The molecule has 8 heteroatoms. The molecule has 1 unspecified atom stereocenters. The van der Waals surface area contributed by atoms with Crippen molar-refractivity contribution < 1.29 is 33.0 Å². The zero-order valence-electron chi connectivity index (χ0n) is 24.7. The monoisotopic (exact) mass is 576 g/mol. The molecule has 0 aromatic heterocycles. The summed E-state index contributed by atoms with van der Waals surface area (Å²) in [6.45, 7) is 11.4. The van der Waals surface area contributed by atoms with Crippen molar-refractivity contribution in [2.75, 3.05) is 6.61 Å². The van der Waals surface area contributed by atoms with E-state index in [1.807, 2.05) is 73.7 Å². The number of carbonyl (C=O) groups is 2. The highest BCUT2D eigenvalue weighted by Gasteiger charge is 2.59. The van der Waals surface area contributed by atoms with Crippen molar-refractivity contribution in [2.45, 2.75) is 77.3 Å². The third kappa shape index (κ3) is 6.78. The maximum absolute atomic E-state index is 12.2. The molecule has 0 N–H and O–H groups in total. The molecule has 41 heavy (non-hydrogen) atoms. The van der Waals surface area contributed by atoms with Gasteiger partial charge in [0.15, 0.2) is 6.10 Å². The van der Waals surface area contributed by atoms with Crippen LogP contribution in [-0.4, -0.2) is 51.0 Å². The number of ether oxygens (including phenoxy) is 4. The number of hydrogen-bond acceptors (Lipinski definition) is 7. The maximum Gasteiger partial charge on any atom is 0.305 e. The molecule has 1 saturated heterocycles. The van der Waals surface area contributed by atoms with Crippen molar-refractivity contribution in [3.63, 3.8) is 0 Å². The molecular formula is C33H40O7Si. The molecule has 1 fully saturated rings. The Morgan fingerprint density at radius 3 is 1.76 bits per heavy atom. The minimum atomic E-state index is -2.94. The van der Waals surface area contributed by atoms with Crippen molar-refractivity contribution >= 4 is 30.6 Å². The summed E-state index contributed by atoms with van der Waals surface area (Å²) in [5.74, 6) is -1.08. The molecule has 1 aliphatic rings. The van der Waals surface area contributed by atoms with Gasteiger partial charge in [0.05, 0.1) is 13.2 Å². The van der Waals surface area contributed by atoms with Gasteiger partial charge >= 0.3 is 11.9 Å². The van der Waals surface area contributed by atoms with Crippen LogP contribution >= 0.6 is 0 Å². The SMILES string of the molecule is CC(=O)OC1O[C@](C)(CO[Si](c2ccccc2)(c2ccccc2)C(C)(C)C)[C@@H](OCc2ccccc2)[C@H]1OC(C)=O. The fourth-order valence-corrected chi connectivity index (χ4v) is 10.3. The van der Waals surface area contributed by atoms with E-state index in [2.05, 4.69) is 45.0 Å². The lowest BCUT2D eigenvalue weighted by atomic mass is 9.98. The zero-order valence-corrected chi connectivity index (χ0v) is 25.7. The molecule has 218 valence electrons. The van der Waals surface area contributed by atoms with E-state index in [0.717, 1.165) is 15.9 Å². The summed E-state index contributed by atoms with van der Waals surface area (Å²) >= 11 is 0. The first-order chi connectivity index (χ1) is 19.5. The first kappa shape index (κ1) is 30.7. The van der Waals surface area contributed by atoms with Gasteiger partial charge in [0, 0.05) is 13.8 Å². The molecular weight excluding hydrogens is 536 g/mol. The second-order valence-corrected chi connectivity index (χ2v) is 16.0. The molecule has 3 aromatic carbocycles. The summed E-state index contributed by atoms with van der Waals surface area (Å²) in [5.41, 5.74) is -0.178. The second-order valence-electron chi connectivity index (χ2n) is 11.7. The van der Waals surface area contributed by atoms with Crippen LogP contribution in [0.15, 0.2) is 91.0 Å². The van der Waals surface area contributed by atoms with Crippen LogP contribution in [0.5, 0.6) is 0 Å². The van der Waals surface area contributed by atoms with Crippen LogP contribution in [0.25, 0.3) is 0 Å². The summed E-state index contributed by atoms with van der Waals surface area (Å²) in [4.78, 5) is 24.2. The number of hydrogen-bond donors (Lipinski definition) is 0. The zero-order chi connectivity index (χ0) is 29.7. The molecule has 0 saturated carbocycles. The van der Waals surface area contributed by atoms with Crippen LogP contribution in [0.1, 0.15) is 47.1 Å². The van der Waals surface area contributed by atoms with Gasteiger partial charge < -0.3 is 23.4 Å². The third-order valence-corrected chi connectivity index (χ3v) is 12.4. The normalized spacial score (nSPS) is 22.7. The fraction of sp³-hybridized carbons (Fsp3) is 0.394. The van der Waals surface area contributed by atoms with Crippen molar-refractivity contribution in [1.82, 2.24) is 0 Å². The Hall–Kier alpha value is -3.30. The van der Waals surface area contributed by atoms with Gasteiger partial charge in [-0.3, -0.25) is 9.59 Å². The quantitative estimate of drug-likeness (QED) is 0.254. The summed E-state index contributed by atoms with van der Waals surface area (Å²) in [6, 6.07) is 30.3. The number of esters is 2. The average Bonchev–Trinajstić information content (AvgIpc) is 3.17. The van der Waals surface area contributed by atoms with Crippen LogP contribution in [0.2, 0.25) is 5.04 Å². The molecule has 1 heterocycles. The van der Waals surface area contributed by atoms with Crippen molar-refractivity contribution in [1.29, 1.82) is 0 Å². The number of benzene rings is 3. The topological polar surface area (TPSA) is 80.3 Å². The van der Waals surface area contributed by atoms with E-state index in [1.165, 1.54) is 13.8 Å². The minimum Gasteiger partial charge on any atom is -0.453 e. The summed E-state index contributed by atoms with van der Waals surface area (Å²) in [7, 11) is -2.94. The molecule has 0 spiro atoms. The predicted molar refractivity (Wildman–Crippen MR) is 159 cm³/mol. The Balaban J connectivity index is 1.76. The van der Waals surface area contributed by atoms with Gasteiger partial charge in [-0.1, -0.05) is 112 Å². The van der Waals surface area contributed by atoms with Crippen LogP contribution in [0, 0.1) is 0 Å². The Kier molecular flexibility index (Phi) is 9.49. The first-order valence-electron chi connectivity index (χ1n) is 13.9. The van der Waals surface area contributed by atoms with Crippen molar-refractivity contribution in [3.05, 3.63) is 96.6 Å². The van der Waals surface area contributed by atoms with E-state index in [0.29, 0.717) is 0 Å². The molecule has 3 aromatic rings. The Morgan fingerprint density at radius 1 is 0.805 bits per heavy atom. The number of rotatable bonds is 10. The Labute approximate surface area is 243 Å². The third-order valence-electron chi connectivity index (χ3n) is 7.40. The highest BCUT2D eigenvalue weighted by atomic mass is 28.4. The fourth-order valence-electron chi connectivity index (χ4n) is 5.61. The summed E-state index contributed by atoms with van der Waals surface area (Å²) in [6.07, 6.45) is -2.91. The Bertz CT molecular complexity index is 1250. The highest BCUT2D eigenvalue weighted by Crippen LogP contribution is 2.41. The molecule has 0 bridgehead atoms. The molecule has 4 rings (SSSR count). The summed E-state index contributed by atoms with van der Waals surface area (Å²) < 4.78 is 31.2. The standard InChI is InChI=1S/C33H40O7Si/c1-24(34)38-29-30(36-22-26-16-10-7-11-17-26)33(6,40-31(29)39-25(2)35)23-37-41(32(3,4)5,27-18-12-8-13-19-27)28-20-14-9-15-21-28/h7-21,29-31H,22-23H2,1-6H3/t29-,30+,31?,33-/m1/s1. The highest BCUT2D eigenvalue weighted by molar-refractivity contribution is 6.99. The molecule has 0 radical (unpaired) electrons. The van der Waals surface area contributed by atoms with E-state index in [4.69, 9.17) is 23.4 Å². The van der Waals surface area contributed by atoms with Crippen LogP contribution in [0.4, 0.5) is 0 Å². The molecule has 0 amide bonds. The van der Waals surface area contributed by atoms with Gasteiger partial charge in [-0.25, -0.2) is 0 Å². The van der Waals surface area contributed by atoms with Crippen molar-refractivity contribution in [3.8, 4) is 0 Å². The van der Waals surface area contributed by atoms with Gasteiger partial charge in [0.25, 0.3) is 8.32 Å². The van der Waals surface area contributed by atoms with E-state index < -0.39 is 44.4 Å². The van der Waals surface area contributed by atoms with E-state index in [1.54, 1.807) is 0 Å². The minimum absolute atomic E-state index is 0.106. The van der Waals surface area contributed by atoms with E-state index in [9.17, 15) is 9.59 Å². The van der Waals surface area contributed by atoms with Gasteiger partial charge in [-0.2, -0.15) is 0 Å². The first-order valence-corrected chi connectivity index (χ1v) is 15.8. The second kappa shape index (κ2) is 12.7. The lowest BCUT2D eigenvalue weighted by Crippen LogP contribution is -2.68. The smallest absolute Gasteiger partial charge is 0.305 e. The van der Waals surface area contributed by atoms with E-state index in [-0.39, 0.29) is 18.3 Å². The Morgan fingerprint density at radius 2 is 1.29 bits per heavy atom. The van der Waals surface area contributed by atoms with Gasteiger partial charge in [0.1, 0.15) is 11.7 Å². The van der Waals surface area contributed by atoms with Crippen LogP contribution < -0.4 is 10.4 Å². The average molecular weight is 577 g/mol. The lowest BCUT2D eigenvalue weighted by molar-refractivity contribution is -0.205. The molecule has 4 atom stereocenters.